The maximum atomic E-state index is 13.1. The van der Waals surface area contributed by atoms with Gasteiger partial charge in [0, 0.05) is 0 Å². The molecular weight excluding hydrogens is 291 g/mol. The molecule has 0 bridgehead atoms. The lowest BCUT2D eigenvalue weighted by molar-refractivity contribution is -0.138. The summed E-state index contributed by atoms with van der Waals surface area (Å²) in [5.74, 6) is 0.355. The summed E-state index contributed by atoms with van der Waals surface area (Å²) >= 11 is 5.71. The Labute approximate surface area is 119 Å². The van der Waals surface area contributed by atoms with Crippen molar-refractivity contribution in [1.29, 1.82) is 0 Å². The van der Waals surface area contributed by atoms with Crippen LogP contribution in [0.3, 0.4) is 0 Å². The quantitative estimate of drug-likeness (QED) is 0.889. The summed E-state index contributed by atoms with van der Waals surface area (Å²) < 4.78 is 44.5. The first-order valence-electron chi connectivity index (χ1n) is 6.08. The molecule has 0 amide bonds. The molecule has 20 heavy (non-hydrogen) atoms. The van der Waals surface area contributed by atoms with Crippen LogP contribution < -0.4 is 5.32 Å². The lowest BCUT2D eigenvalue weighted by Crippen LogP contribution is -2.24. The van der Waals surface area contributed by atoms with Gasteiger partial charge in [-0.15, -0.1) is 0 Å². The maximum absolute atomic E-state index is 13.1. The van der Waals surface area contributed by atoms with Crippen LogP contribution in [0.5, 0.6) is 0 Å². The third-order valence-corrected chi connectivity index (χ3v) is 3.07. The Hall–Kier alpha value is -1.46. The standard InChI is InChI=1S/C14H13ClF3NO/c1-2-19-13(11-7-8-12(15)20-11)9-5-3-4-6-10(9)14(16,17)18/h3-8,13,19H,2H2,1H3. The van der Waals surface area contributed by atoms with Crippen LogP contribution in [0.15, 0.2) is 40.8 Å². The van der Waals surface area contributed by atoms with Gasteiger partial charge in [0.2, 0.25) is 0 Å². The minimum atomic E-state index is -4.42. The monoisotopic (exact) mass is 303 g/mol. The highest BCUT2D eigenvalue weighted by Gasteiger charge is 2.35. The van der Waals surface area contributed by atoms with E-state index in [9.17, 15) is 13.2 Å². The molecule has 1 aromatic carbocycles. The summed E-state index contributed by atoms with van der Waals surface area (Å²) in [6, 6.07) is 7.83. The highest BCUT2D eigenvalue weighted by atomic mass is 35.5. The molecule has 108 valence electrons. The second-order valence-corrected chi connectivity index (χ2v) is 4.59. The predicted molar refractivity (Wildman–Crippen MR) is 70.7 cm³/mol. The molecule has 1 N–H and O–H groups in total. The van der Waals surface area contributed by atoms with Crippen LogP contribution in [-0.2, 0) is 6.18 Å². The van der Waals surface area contributed by atoms with Crippen LogP contribution in [0.4, 0.5) is 13.2 Å². The molecule has 2 aromatic rings. The summed E-state index contributed by atoms with van der Waals surface area (Å²) in [6.07, 6.45) is -4.42. The molecule has 1 aromatic heterocycles. The van der Waals surface area contributed by atoms with Gasteiger partial charge in [0.1, 0.15) is 5.76 Å². The molecule has 0 aliphatic rings. The zero-order valence-corrected chi connectivity index (χ0v) is 11.4. The van der Waals surface area contributed by atoms with Gasteiger partial charge in [-0.1, -0.05) is 25.1 Å². The van der Waals surface area contributed by atoms with E-state index in [1.165, 1.54) is 18.2 Å². The predicted octanol–water partition coefficient (Wildman–Crippen LogP) is 4.65. The summed E-state index contributed by atoms with van der Waals surface area (Å²) in [6.45, 7) is 2.31. The molecule has 0 radical (unpaired) electrons. The fraction of sp³-hybridized carbons (Fsp3) is 0.286. The molecular formula is C14H13ClF3NO. The van der Waals surface area contributed by atoms with Gasteiger partial charge in [-0.05, 0) is 41.9 Å². The van der Waals surface area contributed by atoms with E-state index in [4.69, 9.17) is 16.0 Å². The Morgan fingerprint density at radius 2 is 1.90 bits per heavy atom. The number of alkyl halides is 3. The molecule has 0 saturated heterocycles. The molecule has 0 aliphatic carbocycles. The van der Waals surface area contributed by atoms with E-state index in [2.05, 4.69) is 5.32 Å². The van der Waals surface area contributed by atoms with Crippen molar-refractivity contribution < 1.29 is 17.6 Å². The summed E-state index contributed by atoms with van der Waals surface area (Å²) in [5.41, 5.74) is -0.564. The molecule has 0 saturated carbocycles. The van der Waals surface area contributed by atoms with Crippen LogP contribution in [0.2, 0.25) is 5.22 Å². The van der Waals surface area contributed by atoms with Crippen molar-refractivity contribution >= 4 is 11.6 Å². The Bertz CT molecular complexity index is 580. The first-order chi connectivity index (χ1) is 9.43. The third-order valence-electron chi connectivity index (χ3n) is 2.86. The average Bonchev–Trinajstić information content (AvgIpc) is 2.81. The number of halogens is 4. The number of nitrogens with one attached hydrogen (secondary N) is 1. The van der Waals surface area contributed by atoms with Crippen molar-refractivity contribution in [2.75, 3.05) is 6.54 Å². The molecule has 6 heteroatoms. The van der Waals surface area contributed by atoms with Crippen molar-refractivity contribution in [1.82, 2.24) is 5.32 Å². The number of benzene rings is 1. The molecule has 0 fully saturated rings. The number of hydrogen-bond acceptors (Lipinski definition) is 2. The van der Waals surface area contributed by atoms with Crippen LogP contribution in [-0.4, -0.2) is 6.54 Å². The number of rotatable bonds is 4. The second kappa shape index (κ2) is 5.89. The fourth-order valence-electron chi connectivity index (χ4n) is 2.06. The van der Waals surface area contributed by atoms with Gasteiger partial charge in [0.25, 0.3) is 0 Å². The first-order valence-corrected chi connectivity index (χ1v) is 6.46. The van der Waals surface area contributed by atoms with Gasteiger partial charge in [0.15, 0.2) is 5.22 Å². The minimum absolute atomic E-state index is 0.118. The van der Waals surface area contributed by atoms with Gasteiger partial charge >= 0.3 is 6.18 Å². The van der Waals surface area contributed by atoms with Crippen LogP contribution in [0.25, 0.3) is 0 Å². The summed E-state index contributed by atoms with van der Waals surface area (Å²) in [4.78, 5) is 0. The summed E-state index contributed by atoms with van der Waals surface area (Å²) in [7, 11) is 0. The second-order valence-electron chi connectivity index (χ2n) is 4.22. The average molecular weight is 304 g/mol. The van der Waals surface area contributed by atoms with Crippen molar-refractivity contribution in [2.45, 2.75) is 19.1 Å². The lowest BCUT2D eigenvalue weighted by atomic mass is 9.98. The zero-order valence-electron chi connectivity index (χ0n) is 10.7. The van der Waals surface area contributed by atoms with Crippen molar-refractivity contribution in [3.05, 3.63) is 58.5 Å². The highest BCUT2D eigenvalue weighted by Crippen LogP contribution is 2.37. The van der Waals surface area contributed by atoms with E-state index in [1.807, 2.05) is 6.92 Å². The van der Waals surface area contributed by atoms with Gasteiger partial charge in [-0.3, -0.25) is 0 Å². The fourth-order valence-corrected chi connectivity index (χ4v) is 2.21. The van der Waals surface area contributed by atoms with Gasteiger partial charge in [0.05, 0.1) is 11.6 Å². The van der Waals surface area contributed by atoms with Gasteiger partial charge in [-0.2, -0.15) is 13.2 Å². The van der Waals surface area contributed by atoms with E-state index in [1.54, 1.807) is 12.1 Å². The van der Waals surface area contributed by atoms with Crippen molar-refractivity contribution in [3.8, 4) is 0 Å². The molecule has 0 aliphatic heterocycles. The highest BCUT2D eigenvalue weighted by molar-refractivity contribution is 6.28. The zero-order chi connectivity index (χ0) is 14.8. The van der Waals surface area contributed by atoms with E-state index in [-0.39, 0.29) is 10.8 Å². The van der Waals surface area contributed by atoms with Gasteiger partial charge < -0.3 is 9.73 Å². The Kier molecular flexibility index (Phi) is 4.40. The van der Waals surface area contributed by atoms with Crippen LogP contribution >= 0.6 is 11.6 Å². The Morgan fingerprint density at radius 1 is 1.20 bits per heavy atom. The SMILES string of the molecule is CCNC(c1ccc(Cl)o1)c1ccccc1C(F)(F)F. The lowest BCUT2D eigenvalue weighted by Gasteiger charge is -2.20. The molecule has 0 spiro atoms. The van der Waals surface area contributed by atoms with Crippen LogP contribution in [0.1, 0.15) is 29.9 Å². The van der Waals surface area contributed by atoms with Crippen molar-refractivity contribution in [2.24, 2.45) is 0 Å². The topological polar surface area (TPSA) is 25.2 Å². The number of furan rings is 1. The molecule has 1 heterocycles. The van der Waals surface area contributed by atoms with E-state index in [0.717, 1.165) is 6.07 Å². The molecule has 2 nitrogen and oxygen atoms in total. The molecule has 1 unspecified atom stereocenters. The molecule has 1 atom stereocenters. The maximum Gasteiger partial charge on any atom is 0.416 e. The summed E-state index contributed by atoms with van der Waals surface area (Å²) in [5, 5.41) is 3.13. The normalized spacial score (nSPS) is 13.4. The van der Waals surface area contributed by atoms with E-state index >= 15 is 0 Å². The van der Waals surface area contributed by atoms with Gasteiger partial charge in [-0.25, -0.2) is 0 Å². The minimum Gasteiger partial charge on any atom is -0.448 e. The largest absolute Gasteiger partial charge is 0.448 e. The molecule has 2 rings (SSSR count). The Morgan fingerprint density at radius 3 is 2.45 bits per heavy atom. The smallest absolute Gasteiger partial charge is 0.416 e. The van der Waals surface area contributed by atoms with E-state index in [0.29, 0.717) is 12.3 Å². The first kappa shape index (κ1) is 14.9. The van der Waals surface area contributed by atoms with Crippen LogP contribution in [0, 0.1) is 0 Å². The van der Waals surface area contributed by atoms with E-state index < -0.39 is 17.8 Å². The van der Waals surface area contributed by atoms with Crippen molar-refractivity contribution in [3.63, 3.8) is 0 Å². The third kappa shape index (κ3) is 3.16. The Balaban J connectivity index is 2.50. The number of hydrogen-bond donors (Lipinski definition) is 1.